The van der Waals surface area contributed by atoms with Crippen LogP contribution in [0.4, 0.5) is 10.5 Å². The minimum Gasteiger partial charge on any atom is -0.482 e. The van der Waals surface area contributed by atoms with Gasteiger partial charge in [0, 0.05) is 12.8 Å². The van der Waals surface area contributed by atoms with Crippen molar-refractivity contribution in [2.24, 2.45) is 0 Å². The lowest BCUT2D eigenvalue weighted by atomic mass is 10.3. The highest BCUT2D eigenvalue weighted by atomic mass is 16.7. The Balaban J connectivity index is 2.42. The molecule has 0 bridgehead atoms. The van der Waals surface area contributed by atoms with Gasteiger partial charge >= 0.3 is 12.1 Å². The lowest BCUT2D eigenvalue weighted by molar-refractivity contribution is -0.141. The average molecular weight is 297 g/mol. The normalized spacial score (nSPS) is 9.62. The summed E-state index contributed by atoms with van der Waals surface area (Å²) in [6.45, 7) is -0.484. The van der Waals surface area contributed by atoms with E-state index in [-0.39, 0.29) is 12.5 Å². The molecule has 0 aliphatic rings. The first kappa shape index (κ1) is 16.4. The van der Waals surface area contributed by atoms with Crippen molar-refractivity contribution in [3.63, 3.8) is 0 Å². The number of ether oxygens (including phenoxy) is 4. The van der Waals surface area contributed by atoms with Crippen LogP contribution in [0.1, 0.15) is 0 Å². The number of carbonyl (C=O) groups excluding carboxylic acids is 3. The zero-order valence-corrected chi connectivity index (χ0v) is 11.6. The van der Waals surface area contributed by atoms with Crippen molar-refractivity contribution in [3.8, 4) is 5.75 Å². The summed E-state index contributed by atoms with van der Waals surface area (Å²) >= 11 is 0. The van der Waals surface area contributed by atoms with Crippen molar-refractivity contribution in [2.75, 3.05) is 32.8 Å². The molecule has 0 saturated heterocycles. The molecular weight excluding hydrogens is 282 g/mol. The van der Waals surface area contributed by atoms with Crippen molar-refractivity contribution in [1.29, 1.82) is 0 Å². The Hall–Kier alpha value is -2.61. The van der Waals surface area contributed by atoms with Gasteiger partial charge in [0.05, 0.1) is 7.11 Å². The van der Waals surface area contributed by atoms with Crippen LogP contribution in [-0.2, 0) is 23.8 Å². The molecule has 0 aromatic heterocycles. The largest absolute Gasteiger partial charge is 0.515 e. The van der Waals surface area contributed by atoms with Crippen LogP contribution in [0.3, 0.4) is 0 Å². The quantitative estimate of drug-likeness (QED) is 0.616. The van der Waals surface area contributed by atoms with Crippen LogP contribution >= 0.6 is 0 Å². The van der Waals surface area contributed by atoms with Crippen molar-refractivity contribution in [2.45, 2.75) is 0 Å². The molecule has 0 spiro atoms. The van der Waals surface area contributed by atoms with E-state index in [0.717, 1.165) is 7.11 Å². The number of methoxy groups -OCH3 is 2. The number of hydrogen-bond donors (Lipinski definition) is 1. The van der Waals surface area contributed by atoms with Crippen LogP contribution in [0.2, 0.25) is 0 Å². The van der Waals surface area contributed by atoms with E-state index < -0.39 is 18.7 Å². The van der Waals surface area contributed by atoms with Gasteiger partial charge in [-0.3, -0.25) is 4.79 Å². The van der Waals surface area contributed by atoms with Gasteiger partial charge in [-0.15, -0.1) is 0 Å². The number of carbonyl (C=O) groups is 3. The van der Waals surface area contributed by atoms with Crippen LogP contribution in [0, 0.1) is 0 Å². The molecule has 0 heterocycles. The Labute approximate surface area is 120 Å². The van der Waals surface area contributed by atoms with Crippen LogP contribution in [-0.4, -0.2) is 45.5 Å². The van der Waals surface area contributed by atoms with Gasteiger partial charge in [-0.2, -0.15) is 0 Å². The molecule has 1 aromatic carbocycles. The molecule has 1 amide bonds. The van der Waals surface area contributed by atoms with Crippen molar-refractivity contribution in [1.82, 2.24) is 0 Å². The van der Waals surface area contributed by atoms with Gasteiger partial charge in [-0.05, 0) is 24.3 Å². The lowest BCUT2D eigenvalue weighted by Gasteiger charge is -2.07. The minimum absolute atomic E-state index is 0.0440. The van der Waals surface area contributed by atoms with E-state index in [0.29, 0.717) is 11.4 Å². The molecule has 0 saturated carbocycles. The third-order valence-corrected chi connectivity index (χ3v) is 2.13. The van der Waals surface area contributed by atoms with Crippen LogP contribution in [0.15, 0.2) is 24.3 Å². The summed E-state index contributed by atoms with van der Waals surface area (Å²) < 4.78 is 18.2. The van der Waals surface area contributed by atoms with Gasteiger partial charge in [-0.1, -0.05) is 0 Å². The molecule has 1 rings (SSSR count). The molecule has 21 heavy (non-hydrogen) atoms. The standard InChI is InChI=1S/C13H15NO7/c1-18-7-11(15)14-9-3-5-10(6-4-9)20-8-12(16)21-13(17)19-2/h3-6H,7-8H2,1-2H3,(H,14,15). The third kappa shape index (κ3) is 6.39. The molecule has 8 heteroatoms. The Bertz CT molecular complexity index is 498. The fourth-order valence-corrected chi connectivity index (χ4v) is 1.27. The van der Waals surface area contributed by atoms with Gasteiger partial charge in [0.15, 0.2) is 6.61 Å². The fraction of sp³-hybridized carbons (Fsp3) is 0.308. The topological polar surface area (TPSA) is 100 Å². The summed E-state index contributed by atoms with van der Waals surface area (Å²) in [5.74, 6) is -0.784. The van der Waals surface area contributed by atoms with Crippen LogP contribution in [0.5, 0.6) is 5.75 Å². The molecule has 0 fully saturated rings. The van der Waals surface area contributed by atoms with E-state index in [9.17, 15) is 14.4 Å². The third-order valence-electron chi connectivity index (χ3n) is 2.13. The molecular formula is C13H15NO7. The summed E-state index contributed by atoms with van der Waals surface area (Å²) in [6, 6.07) is 6.28. The molecule has 0 aliphatic heterocycles. The van der Waals surface area contributed by atoms with Crippen LogP contribution < -0.4 is 10.1 Å². The predicted octanol–water partition coefficient (Wildman–Crippen LogP) is 0.960. The lowest BCUT2D eigenvalue weighted by Crippen LogP contribution is -2.19. The van der Waals surface area contributed by atoms with Gasteiger partial charge in [-0.25, -0.2) is 9.59 Å². The Morgan fingerprint density at radius 2 is 1.71 bits per heavy atom. The van der Waals surface area contributed by atoms with E-state index >= 15 is 0 Å². The molecule has 114 valence electrons. The summed E-state index contributed by atoms with van der Waals surface area (Å²) in [6.07, 6.45) is -1.10. The number of benzene rings is 1. The van der Waals surface area contributed by atoms with Crippen molar-refractivity contribution < 1.29 is 33.3 Å². The van der Waals surface area contributed by atoms with E-state index in [1.165, 1.54) is 7.11 Å². The smallest absolute Gasteiger partial charge is 0.482 e. The Morgan fingerprint density at radius 1 is 1.05 bits per heavy atom. The van der Waals surface area contributed by atoms with E-state index in [1.807, 2.05) is 0 Å². The highest BCUT2D eigenvalue weighted by Gasteiger charge is 2.11. The number of rotatable bonds is 6. The van der Waals surface area contributed by atoms with E-state index in [1.54, 1.807) is 24.3 Å². The molecule has 8 nitrogen and oxygen atoms in total. The van der Waals surface area contributed by atoms with Gasteiger partial charge in [0.2, 0.25) is 5.91 Å². The number of amides is 1. The first-order chi connectivity index (χ1) is 10.0. The number of nitrogens with one attached hydrogen (secondary N) is 1. The predicted molar refractivity (Wildman–Crippen MR) is 70.9 cm³/mol. The van der Waals surface area contributed by atoms with Crippen LogP contribution in [0.25, 0.3) is 0 Å². The highest BCUT2D eigenvalue weighted by Crippen LogP contribution is 2.15. The number of esters is 1. The number of hydrogen-bond acceptors (Lipinski definition) is 7. The second kappa shape index (κ2) is 8.54. The maximum absolute atomic E-state index is 11.3. The highest BCUT2D eigenvalue weighted by molar-refractivity contribution is 5.91. The summed E-state index contributed by atoms with van der Waals surface area (Å²) in [5, 5.41) is 2.60. The van der Waals surface area contributed by atoms with Gasteiger partial charge < -0.3 is 24.3 Å². The van der Waals surface area contributed by atoms with Gasteiger partial charge in [0.25, 0.3) is 0 Å². The molecule has 1 N–H and O–H groups in total. The molecule has 0 unspecified atom stereocenters. The average Bonchev–Trinajstić information content (AvgIpc) is 2.46. The molecule has 0 aliphatic carbocycles. The molecule has 1 aromatic rings. The fourth-order valence-electron chi connectivity index (χ4n) is 1.27. The maximum Gasteiger partial charge on any atom is 0.515 e. The van der Waals surface area contributed by atoms with E-state index in [2.05, 4.69) is 19.5 Å². The molecule has 0 radical (unpaired) electrons. The molecule has 0 atom stereocenters. The second-order valence-electron chi connectivity index (χ2n) is 3.72. The Morgan fingerprint density at radius 3 is 2.29 bits per heavy atom. The van der Waals surface area contributed by atoms with Crippen molar-refractivity contribution >= 4 is 23.7 Å². The van der Waals surface area contributed by atoms with Crippen molar-refractivity contribution in [3.05, 3.63) is 24.3 Å². The monoisotopic (exact) mass is 297 g/mol. The minimum atomic E-state index is -1.10. The summed E-state index contributed by atoms with van der Waals surface area (Å²) in [4.78, 5) is 33.1. The van der Waals surface area contributed by atoms with Gasteiger partial charge in [0.1, 0.15) is 12.4 Å². The number of anilines is 1. The second-order valence-corrected chi connectivity index (χ2v) is 3.72. The maximum atomic E-state index is 11.3. The van der Waals surface area contributed by atoms with E-state index in [4.69, 9.17) is 4.74 Å². The Kier molecular flexibility index (Phi) is 6.69. The summed E-state index contributed by atoms with van der Waals surface area (Å²) in [5.41, 5.74) is 0.557. The summed E-state index contributed by atoms with van der Waals surface area (Å²) in [7, 11) is 2.51. The first-order valence-corrected chi connectivity index (χ1v) is 5.85. The zero-order valence-electron chi connectivity index (χ0n) is 11.6. The first-order valence-electron chi connectivity index (χ1n) is 5.85. The SMILES string of the molecule is COCC(=O)Nc1ccc(OCC(=O)OC(=O)OC)cc1. The zero-order chi connectivity index (χ0) is 15.7.